The Morgan fingerprint density at radius 1 is 1.15 bits per heavy atom. The Morgan fingerprint density at radius 2 is 1.70 bits per heavy atom. The van der Waals surface area contributed by atoms with Gasteiger partial charge in [-0.2, -0.15) is 16.8 Å². The standard InChI is InChI=1S/C16H25N3O11S3/c1-31-30-15-11-13(19(22)23)12(16(21)17-4-7-20)10-14(15)18(5-8-28-32(2,24)25)6-9-29-33(3,26)27/h10-11,20H,4-9H2,1-3H3,(H,17,21). The first kappa shape index (κ1) is 28.9. The number of anilines is 1. The molecule has 188 valence electrons. The van der Waals surface area contributed by atoms with Gasteiger partial charge in [-0.25, -0.2) is 0 Å². The molecule has 0 aliphatic heterocycles. The Morgan fingerprint density at radius 3 is 2.12 bits per heavy atom. The highest BCUT2D eigenvalue weighted by Gasteiger charge is 2.27. The molecule has 0 unspecified atom stereocenters. The third-order valence-electron chi connectivity index (χ3n) is 3.75. The molecule has 2 N–H and O–H groups in total. The van der Waals surface area contributed by atoms with E-state index >= 15 is 0 Å². The highest BCUT2D eigenvalue weighted by atomic mass is 32.2. The van der Waals surface area contributed by atoms with Gasteiger partial charge >= 0.3 is 0 Å². The summed E-state index contributed by atoms with van der Waals surface area (Å²) in [6, 6.07) is 2.17. The summed E-state index contributed by atoms with van der Waals surface area (Å²) in [6.07, 6.45) is 3.24. The molecule has 0 radical (unpaired) electrons. The van der Waals surface area contributed by atoms with Crippen molar-refractivity contribution in [1.82, 2.24) is 5.32 Å². The van der Waals surface area contributed by atoms with Crippen LogP contribution in [0, 0.1) is 10.1 Å². The number of aliphatic hydroxyl groups is 1. The predicted molar refractivity (Wildman–Crippen MR) is 120 cm³/mol. The zero-order valence-electron chi connectivity index (χ0n) is 18.0. The largest absolute Gasteiger partial charge is 0.424 e. The number of nitrogens with one attached hydrogen (secondary N) is 1. The van der Waals surface area contributed by atoms with E-state index in [1.165, 1.54) is 4.90 Å². The van der Waals surface area contributed by atoms with E-state index in [9.17, 15) is 31.7 Å². The van der Waals surface area contributed by atoms with Crippen molar-refractivity contribution < 1.29 is 44.2 Å². The highest BCUT2D eigenvalue weighted by molar-refractivity contribution is 7.94. The average Bonchev–Trinajstić information content (AvgIpc) is 2.69. The van der Waals surface area contributed by atoms with Gasteiger partial charge in [-0.1, -0.05) is 0 Å². The van der Waals surface area contributed by atoms with Crippen molar-refractivity contribution in [1.29, 1.82) is 0 Å². The van der Waals surface area contributed by atoms with Crippen LogP contribution in [0.4, 0.5) is 11.4 Å². The maximum absolute atomic E-state index is 12.5. The van der Waals surface area contributed by atoms with Crippen LogP contribution in [0.15, 0.2) is 12.1 Å². The zero-order valence-corrected chi connectivity index (χ0v) is 20.5. The molecule has 0 fully saturated rings. The predicted octanol–water partition coefficient (Wildman–Crippen LogP) is -0.267. The SMILES string of the molecule is CSOc1cc([N+](=O)[O-])c(C(=O)NCCO)cc1N(CCOS(C)(=O)=O)CCOS(C)(=O)=O. The molecule has 0 saturated heterocycles. The van der Waals surface area contributed by atoms with Crippen LogP contribution in [-0.2, 0) is 28.6 Å². The number of nitro benzene ring substituents is 1. The first-order valence-corrected chi connectivity index (χ1v) is 13.9. The van der Waals surface area contributed by atoms with E-state index in [-0.39, 0.29) is 49.8 Å². The fourth-order valence-electron chi connectivity index (χ4n) is 2.51. The lowest BCUT2D eigenvalue weighted by Gasteiger charge is -2.26. The number of nitro groups is 1. The minimum Gasteiger partial charge on any atom is -0.424 e. The molecular weight excluding hydrogens is 506 g/mol. The number of carbonyl (C=O) groups excluding carboxylic acids is 1. The van der Waals surface area contributed by atoms with Crippen LogP contribution in [0.25, 0.3) is 0 Å². The smallest absolute Gasteiger partial charge is 0.286 e. The number of hydrogen-bond donors (Lipinski definition) is 2. The lowest BCUT2D eigenvalue weighted by Crippen LogP contribution is -2.33. The van der Waals surface area contributed by atoms with Gasteiger partial charge in [0.25, 0.3) is 31.8 Å². The number of aliphatic hydroxyl groups excluding tert-OH is 1. The van der Waals surface area contributed by atoms with Crippen LogP contribution in [0.1, 0.15) is 10.4 Å². The fraction of sp³-hybridized carbons (Fsp3) is 0.562. The summed E-state index contributed by atoms with van der Waals surface area (Å²) in [6.45, 7) is -1.49. The molecule has 1 amide bonds. The molecule has 0 aliphatic rings. The van der Waals surface area contributed by atoms with Crippen molar-refractivity contribution in [3.8, 4) is 5.75 Å². The van der Waals surface area contributed by atoms with Crippen molar-refractivity contribution in [2.45, 2.75) is 0 Å². The molecule has 1 aromatic carbocycles. The van der Waals surface area contributed by atoms with E-state index in [1.807, 2.05) is 0 Å². The van der Waals surface area contributed by atoms with Crippen molar-refractivity contribution in [2.75, 3.05) is 63.1 Å². The minimum atomic E-state index is -3.78. The average molecular weight is 532 g/mol. The Hall–Kier alpha value is -2.18. The van der Waals surface area contributed by atoms with Crippen LogP contribution < -0.4 is 14.4 Å². The van der Waals surface area contributed by atoms with Crippen molar-refractivity contribution in [2.24, 2.45) is 0 Å². The summed E-state index contributed by atoms with van der Waals surface area (Å²) in [7, 11) is -7.56. The highest BCUT2D eigenvalue weighted by Crippen LogP contribution is 2.37. The summed E-state index contributed by atoms with van der Waals surface area (Å²) in [5, 5.41) is 22.8. The first-order chi connectivity index (χ1) is 15.3. The minimum absolute atomic E-state index is 0.0355. The van der Waals surface area contributed by atoms with Crippen molar-refractivity contribution >= 4 is 49.6 Å². The number of nitrogens with zero attached hydrogens (tertiary/aromatic N) is 2. The Labute approximate surface area is 195 Å². The van der Waals surface area contributed by atoms with Gasteiger partial charge in [0.2, 0.25) is 0 Å². The maximum atomic E-state index is 12.5. The lowest BCUT2D eigenvalue weighted by molar-refractivity contribution is -0.385. The summed E-state index contributed by atoms with van der Waals surface area (Å²) >= 11 is 0.854. The summed E-state index contributed by atoms with van der Waals surface area (Å²) < 4.78 is 60.1. The lowest BCUT2D eigenvalue weighted by atomic mass is 10.1. The van der Waals surface area contributed by atoms with Crippen molar-refractivity contribution in [3.63, 3.8) is 0 Å². The number of amides is 1. The quantitative estimate of drug-likeness (QED) is 0.130. The second-order valence-electron chi connectivity index (χ2n) is 6.36. The third kappa shape index (κ3) is 10.5. The second-order valence-corrected chi connectivity index (χ2v) is 10.2. The van der Waals surface area contributed by atoms with Gasteiger partial charge in [-0.15, -0.1) is 0 Å². The van der Waals surface area contributed by atoms with E-state index in [1.54, 1.807) is 6.26 Å². The van der Waals surface area contributed by atoms with E-state index in [0.717, 1.165) is 36.7 Å². The molecule has 14 nitrogen and oxygen atoms in total. The van der Waals surface area contributed by atoms with E-state index in [2.05, 4.69) is 5.32 Å². The maximum Gasteiger partial charge on any atom is 0.286 e. The summed E-state index contributed by atoms with van der Waals surface area (Å²) in [4.78, 5) is 24.6. The fourth-order valence-corrected chi connectivity index (χ4v) is 3.58. The summed E-state index contributed by atoms with van der Waals surface area (Å²) in [5.74, 6) is -0.876. The summed E-state index contributed by atoms with van der Waals surface area (Å²) in [5.41, 5.74) is -0.800. The molecule has 0 aromatic heterocycles. The first-order valence-electron chi connectivity index (χ1n) is 9.15. The van der Waals surface area contributed by atoms with E-state index in [0.29, 0.717) is 0 Å². The van der Waals surface area contributed by atoms with Gasteiger partial charge in [-0.3, -0.25) is 23.3 Å². The topological polar surface area (TPSA) is 192 Å². The third-order valence-corrected chi connectivity index (χ3v) is 5.28. The Balaban J connectivity index is 3.47. The van der Waals surface area contributed by atoms with Gasteiger partial charge in [0.05, 0.1) is 61.1 Å². The van der Waals surface area contributed by atoms with Gasteiger partial charge < -0.3 is 19.5 Å². The number of benzene rings is 1. The number of hydrogen-bond acceptors (Lipinski definition) is 13. The molecule has 0 saturated carbocycles. The molecule has 0 spiro atoms. The molecule has 0 atom stereocenters. The molecule has 17 heteroatoms. The molecule has 1 rings (SSSR count). The molecule has 33 heavy (non-hydrogen) atoms. The molecule has 0 aliphatic carbocycles. The van der Waals surface area contributed by atoms with Crippen LogP contribution in [-0.4, -0.2) is 91.0 Å². The molecule has 0 heterocycles. The van der Waals surface area contributed by atoms with Gasteiger partial charge in [0.1, 0.15) is 5.56 Å². The monoisotopic (exact) mass is 531 g/mol. The van der Waals surface area contributed by atoms with Crippen LogP contribution in [0.3, 0.4) is 0 Å². The Kier molecular flexibility index (Phi) is 11.3. The van der Waals surface area contributed by atoms with Gasteiger partial charge in [-0.05, 0) is 6.07 Å². The van der Waals surface area contributed by atoms with Gasteiger partial charge in [0, 0.05) is 25.9 Å². The Bertz CT molecular complexity index is 1010. The van der Waals surface area contributed by atoms with Crippen molar-refractivity contribution in [3.05, 3.63) is 27.8 Å². The van der Waals surface area contributed by atoms with Gasteiger partial charge in [0.15, 0.2) is 5.75 Å². The number of rotatable bonds is 15. The van der Waals surface area contributed by atoms with E-state index in [4.69, 9.17) is 17.7 Å². The van der Waals surface area contributed by atoms with Crippen LogP contribution in [0.2, 0.25) is 0 Å². The zero-order chi connectivity index (χ0) is 25.2. The van der Waals surface area contributed by atoms with Crippen LogP contribution >= 0.6 is 12.0 Å². The molecular formula is C16H25N3O11S3. The normalized spacial score (nSPS) is 11.8. The number of carbonyl (C=O) groups is 1. The second kappa shape index (κ2) is 12.9. The molecule has 0 bridgehead atoms. The molecule has 1 aromatic rings. The van der Waals surface area contributed by atoms with E-state index < -0.39 is 43.4 Å². The van der Waals surface area contributed by atoms with Crippen LogP contribution in [0.5, 0.6) is 5.75 Å².